The number of carbonyl (C=O) groups excluding carboxylic acids is 1. The fourth-order valence-electron chi connectivity index (χ4n) is 2.94. The van der Waals surface area contributed by atoms with Gasteiger partial charge < -0.3 is 15.0 Å². The minimum atomic E-state index is 0.326. The maximum absolute atomic E-state index is 12.4. The van der Waals surface area contributed by atoms with Crippen LogP contribution in [-0.2, 0) is 9.53 Å². The summed E-state index contributed by atoms with van der Waals surface area (Å²) in [5, 5.41) is 3.39. The molecule has 1 saturated carbocycles. The second-order valence-electron chi connectivity index (χ2n) is 6.24. The van der Waals surface area contributed by atoms with E-state index in [4.69, 9.17) is 4.74 Å². The molecule has 0 radical (unpaired) electrons. The standard InChI is InChI=1S/C15H28N2O2/c1-12(11-19-2)9-15(18)17(14-3-4-14)10-13-5-7-16-8-6-13/h12-14,16H,3-11H2,1-2H3. The molecule has 1 unspecified atom stereocenters. The summed E-state index contributed by atoms with van der Waals surface area (Å²) in [7, 11) is 1.70. The van der Waals surface area contributed by atoms with Crippen molar-refractivity contribution in [1.29, 1.82) is 0 Å². The van der Waals surface area contributed by atoms with Crippen LogP contribution in [0.2, 0.25) is 0 Å². The van der Waals surface area contributed by atoms with Crippen molar-refractivity contribution in [1.82, 2.24) is 10.2 Å². The third kappa shape index (κ3) is 4.77. The summed E-state index contributed by atoms with van der Waals surface area (Å²) in [5.41, 5.74) is 0. The highest BCUT2D eigenvalue weighted by Crippen LogP contribution is 2.30. The Labute approximate surface area is 116 Å². The van der Waals surface area contributed by atoms with Crippen molar-refractivity contribution in [2.75, 3.05) is 33.4 Å². The Balaban J connectivity index is 1.82. The smallest absolute Gasteiger partial charge is 0.223 e. The number of amides is 1. The van der Waals surface area contributed by atoms with Gasteiger partial charge in [0.25, 0.3) is 0 Å². The molecule has 0 aromatic heterocycles. The van der Waals surface area contributed by atoms with Crippen LogP contribution in [0.5, 0.6) is 0 Å². The Morgan fingerprint density at radius 1 is 1.32 bits per heavy atom. The predicted octanol–water partition coefficient (Wildman–Crippen LogP) is 1.65. The van der Waals surface area contributed by atoms with E-state index in [1.165, 1.54) is 25.7 Å². The molecule has 1 aliphatic carbocycles. The van der Waals surface area contributed by atoms with Crippen LogP contribution in [0.4, 0.5) is 0 Å². The molecule has 2 fully saturated rings. The monoisotopic (exact) mass is 268 g/mol. The van der Waals surface area contributed by atoms with Crippen LogP contribution in [0.1, 0.15) is 39.0 Å². The first-order valence-corrected chi connectivity index (χ1v) is 7.69. The first kappa shape index (κ1) is 14.8. The van der Waals surface area contributed by atoms with Gasteiger partial charge >= 0.3 is 0 Å². The predicted molar refractivity (Wildman–Crippen MR) is 76.0 cm³/mol. The molecule has 110 valence electrons. The number of carbonyl (C=O) groups is 1. The Hall–Kier alpha value is -0.610. The molecule has 1 aliphatic heterocycles. The van der Waals surface area contributed by atoms with E-state index in [2.05, 4.69) is 17.1 Å². The van der Waals surface area contributed by atoms with Gasteiger partial charge in [0.15, 0.2) is 0 Å². The van der Waals surface area contributed by atoms with Gasteiger partial charge in [-0.15, -0.1) is 0 Å². The molecule has 0 aromatic carbocycles. The summed E-state index contributed by atoms with van der Waals surface area (Å²) in [6.07, 6.45) is 5.47. The van der Waals surface area contributed by atoms with Crippen molar-refractivity contribution < 1.29 is 9.53 Å². The van der Waals surface area contributed by atoms with E-state index in [1.54, 1.807) is 7.11 Å². The average Bonchev–Trinajstić information content (AvgIpc) is 3.21. The fraction of sp³-hybridized carbons (Fsp3) is 0.933. The molecule has 1 heterocycles. The van der Waals surface area contributed by atoms with Crippen LogP contribution >= 0.6 is 0 Å². The molecular formula is C15H28N2O2. The zero-order valence-corrected chi connectivity index (χ0v) is 12.4. The molecule has 19 heavy (non-hydrogen) atoms. The summed E-state index contributed by atoms with van der Waals surface area (Å²) >= 11 is 0. The number of ether oxygens (including phenoxy) is 1. The zero-order chi connectivity index (χ0) is 13.7. The summed E-state index contributed by atoms with van der Waals surface area (Å²) in [4.78, 5) is 14.6. The van der Waals surface area contributed by atoms with E-state index < -0.39 is 0 Å². The molecule has 4 nitrogen and oxygen atoms in total. The van der Waals surface area contributed by atoms with Crippen LogP contribution in [0, 0.1) is 11.8 Å². The second kappa shape index (κ2) is 7.25. The van der Waals surface area contributed by atoms with Crippen LogP contribution in [-0.4, -0.2) is 50.2 Å². The highest BCUT2D eigenvalue weighted by atomic mass is 16.5. The lowest BCUT2D eigenvalue weighted by Gasteiger charge is -2.31. The van der Waals surface area contributed by atoms with Gasteiger partial charge in [0.2, 0.25) is 5.91 Å². The molecule has 1 N–H and O–H groups in total. The van der Waals surface area contributed by atoms with E-state index in [0.29, 0.717) is 36.8 Å². The van der Waals surface area contributed by atoms with Crippen molar-refractivity contribution in [3.63, 3.8) is 0 Å². The molecule has 2 aliphatic rings. The Bertz CT molecular complexity index is 286. The highest BCUT2D eigenvalue weighted by molar-refractivity contribution is 5.77. The summed E-state index contributed by atoms with van der Waals surface area (Å²) in [6, 6.07) is 0.539. The lowest BCUT2D eigenvalue weighted by Crippen LogP contribution is -2.41. The molecule has 0 bridgehead atoms. The maximum atomic E-state index is 12.4. The van der Waals surface area contributed by atoms with Gasteiger partial charge in [-0.05, 0) is 50.6 Å². The normalized spacial score (nSPS) is 22.2. The largest absolute Gasteiger partial charge is 0.384 e. The van der Waals surface area contributed by atoms with Crippen molar-refractivity contribution in [3.8, 4) is 0 Å². The molecule has 4 heteroatoms. The fourth-order valence-corrected chi connectivity index (χ4v) is 2.94. The number of hydrogen-bond donors (Lipinski definition) is 1. The van der Waals surface area contributed by atoms with Crippen LogP contribution in [0.3, 0.4) is 0 Å². The van der Waals surface area contributed by atoms with Gasteiger partial charge in [-0.2, -0.15) is 0 Å². The van der Waals surface area contributed by atoms with E-state index >= 15 is 0 Å². The van der Waals surface area contributed by atoms with Crippen LogP contribution in [0.25, 0.3) is 0 Å². The topological polar surface area (TPSA) is 41.6 Å². The van der Waals surface area contributed by atoms with Gasteiger partial charge in [-0.25, -0.2) is 0 Å². The Morgan fingerprint density at radius 2 is 2.00 bits per heavy atom. The first-order valence-electron chi connectivity index (χ1n) is 7.69. The molecule has 0 aromatic rings. The van der Waals surface area contributed by atoms with Crippen molar-refractivity contribution in [2.45, 2.75) is 45.1 Å². The van der Waals surface area contributed by atoms with Crippen LogP contribution in [0.15, 0.2) is 0 Å². The van der Waals surface area contributed by atoms with Gasteiger partial charge in [0.05, 0.1) is 0 Å². The summed E-state index contributed by atoms with van der Waals surface area (Å²) in [6.45, 7) is 5.97. The number of hydrogen-bond acceptors (Lipinski definition) is 3. The van der Waals surface area contributed by atoms with Gasteiger partial charge in [0, 0.05) is 32.7 Å². The molecule has 1 atom stereocenters. The third-order valence-electron chi connectivity index (χ3n) is 4.20. The second-order valence-corrected chi connectivity index (χ2v) is 6.24. The van der Waals surface area contributed by atoms with E-state index in [9.17, 15) is 4.79 Å². The zero-order valence-electron chi connectivity index (χ0n) is 12.4. The van der Waals surface area contributed by atoms with Crippen molar-refractivity contribution in [3.05, 3.63) is 0 Å². The molecule has 1 saturated heterocycles. The number of piperidine rings is 1. The lowest BCUT2D eigenvalue weighted by molar-refractivity contribution is -0.133. The minimum absolute atomic E-state index is 0.326. The third-order valence-corrected chi connectivity index (χ3v) is 4.20. The molecular weight excluding hydrogens is 240 g/mol. The van der Waals surface area contributed by atoms with Crippen LogP contribution < -0.4 is 5.32 Å². The van der Waals surface area contributed by atoms with Gasteiger partial charge in [-0.1, -0.05) is 6.92 Å². The van der Waals surface area contributed by atoms with E-state index in [-0.39, 0.29) is 0 Å². The molecule has 2 rings (SSSR count). The highest BCUT2D eigenvalue weighted by Gasteiger charge is 2.34. The SMILES string of the molecule is COCC(C)CC(=O)N(CC1CCNCC1)C1CC1. The van der Waals surface area contributed by atoms with Gasteiger partial charge in [-0.3, -0.25) is 4.79 Å². The molecule has 0 spiro atoms. The Morgan fingerprint density at radius 3 is 2.58 bits per heavy atom. The quantitative estimate of drug-likeness (QED) is 0.763. The van der Waals surface area contributed by atoms with Gasteiger partial charge in [0.1, 0.15) is 0 Å². The summed E-state index contributed by atoms with van der Waals surface area (Å²) in [5.74, 6) is 1.36. The number of rotatable bonds is 7. The van der Waals surface area contributed by atoms with Crippen molar-refractivity contribution in [2.24, 2.45) is 11.8 Å². The lowest BCUT2D eigenvalue weighted by atomic mass is 9.97. The maximum Gasteiger partial charge on any atom is 0.223 e. The number of nitrogens with one attached hydrogen (secondary N) is 1. The first-order chi connectivity index (χ1) is 9.20. The van der Waals surface area contributed by atoms with Crippen molar-refractivity contribution >= 4 is 5.91 Å². The Kier molecular flexibility index (Phi) is 5.64. The minimum Gasteiger partial charge on any atom is -0.384 e. The number of nitrogens with zero attached hydrogens (tertiary/aromatic N) is 1. The van der Waals surface area contributed by atoms with E-state index in [1.807, 2.05) is 0 Å². The number of methoxy groups -OCH3 is 1. The molecule has 1 amide bonds. The average molecular weight is 268 g/mol. The van der Waals surface area contributed by atoms with E-state index in [0.717, 1.165) is 19.6 Å². The summed E-state index contributed by atoms with van der Waals surface area (Å²) < 4.78 is 5.13.